The van der Waals surface area contributed by atoms with Gasteiger partial charge < -0.3 is 39.0 Å². The molecule has 2 saturated heterocycles. The van der Waals surface area contributed by atoms with Gasteiger partial charge in [-0.1, -0.05) is 44.2 Å². The number of hydrogen-bond acceptors (Lipinski definition) is 12. The van der Waals surface area contributed by atoms with E-state index in [4.69, 9.17) is 18.9 Å². The Morgan fingerprint density at radius 2 is 1.71 bits per heavy atom. The van der Waals surface area contributed by atoms with Crippen molar-refractivity contribution in [1.82, 2.24) is 14.8 Å². The summed E-state index contributed by atoms with van der Waals surface area (Å²) in [5, 5.41) is 26.3. The number of aromatic amines is 1. The van der Waals surface area contributed by atoms with E-state index in [1.807, 2.05) is 50.1 Å². The molecule has 1 aromatic heterocycles. The van der Waals surface area contributed by atoms with E-state index in [9.17, 15) is 19.8 Å². The van der Waals surface area contributed by atoms with Crippen LogP contribution in [0.4, 0.5) is 5.69 Å². The number of ether oxygens (including phenoxy) is 4. The summed E-state index contributed by atoms with van der Waals surface area (Å²) in [6, 6.07) is 11.0. The molecule has 6 aliphatic rings. The second-order valence-corrected chi connectivity index (χ2v) is 18.2. The lowest BCUT2D eigenvalue weighted by Crippen LogP contribution is -2.81. The SMILES string of the molecule is CC[C@]1(O)C[C@H]2CN(CCc3c([nH]c4ccccc34)[C@](C(=O)OC)(c3cc4c(cc3OC)N(C)[C@@H]3[C@](O)(C(=O)OC)[C@H](OC(C)=O)[C@]5(CC)C=CCN6CC[C@]43[C@H]65)C2)C1. The van der Waals surface area contributed by atoms with Gasteiger partial charge in [0.2, 0.25) is 5.60 Å². The van der Waals surface area contributed by atoms with Gasteiger partial charge in [0.05, 0.1) is 33.0 Å². The first-order valence-electron chi connectivity index (χ1n) is 21.2. The number of H-pyrrole nitrogens is 1. The van der Waals surface area contributed by atoms with Gasteiger partial charge in [-0.25, -0.2) is 4.79 Å². The molecular weight excluding hydrogens is 753 g/mol. The van der Waals surface area contributed by atoms with E-state index in [0.29, 0.717) is 82.6 Å². The minimum absolute atomic E-state index is 0.0986. The van der Waals surface area contributed by atoms with Crippen LogP contribution < -0.4 is 9.64 Å². The number of benzene rings is 2. The summed E-state index contributed by atoms with van der Waals surface area (Å²) in [7, 11) is 6.15. The quantitative estimate of drug-likeness (QED) is 0.180. The Bertz CT molecular complexity index is 2260. The van der Waals surface area contributed by atoms with Crippen LogP contribution in [-0.4, -0.2) is 133 Å². The van der Waals surface area contributed by atoms with Crippen LogP contribution in [-0.2, 0) is 45.8 Å². The van der Waals surface area contributed by atoms with Crippen LogP contribution in [0.15, 0.2) is 48.6 Å². The number of anilines is 1. The molecule has 316 valence electrons. The van der Waals surface area contributed by atoms with E-state index in [1.165, 1.54) is 21.1 Å². The Hall–Kier alpha value is -4.43. The van der Waals surface area contributed by atoms with Gasteiger partial charge in [0.15, 0.2) is 6.10 Å². The number of rotatable bonds is 7. The minimum Gasteiger partial charge on any atom is -0.496 e. The zero-order valence-electron chi connectivity index (χ0n) is 35.3. The lowest BCUT2D eigenvalue weighted by Gasteiger charge is -2.63. The lowest BCUT2D eigenvalue weighted by molar-refractivity contribution is -0.228. The van der Waals surface area contributed by atoms with Gasteiger partial charge in [-0.3, -0.25) is 19.4 Å². The van der Waals surface area contributed by atoms with E-state index in [1.54, 1.807) is 7.11 Å². The predicted octanol–water partition coefficient (Wildman–Crippen LogP) is 3.99. The van der Waals surface area contributed by atoms with Gasteiger partial charge in [0, 0.05) is 90.9 Å². The number of nitrogens with zero attached hydrogens (tertiary/aromatic N) is 3. The van der Waals surface area contributed by atoms with Crippen molar-refractivity contribution < 1.29 is 43.5 Å². The average Bonchev–Trinajstić information content (AvgIpc) is 3.90. The zero-order chi connectivity index (χ0) is 41.9. The first-order chi connectivity index (χ1) is 28.2. The third kappa shape index (κ3) is 5.20. The van der Waals surface area contributed by atoms with Crippen molar-refractivity contribution in [3.05, 3.63) is 70.9 Å². The molecule has 5 aliphatic heterocycles. The molecule has 59 heavy (non-hydrogen) atoms. The molecule has 1 unspecified atom stereocenters. The van der Waals surface area contributed by atoms with Gasteiger partial charge >= 0.3 is 17.9 Å². The minimum atomic E-state index is -2.30. The van der Waals surface area contributed by atoms with Crippen molar-refractivity contribution in [3.63, 3.8) is 0 Å². The fourth-order valence-corrected chi connectivity index (χ4v) is 13.5. The van der Waals surface area contributed by atoms with Gasteiger partial charge in [0.1, 0.15) is 11.2 Å². The number of likely N-dealkylation sites (N-methyl/N-ethyl adjacent to an activating group) is 1. The number of carbonyl (C=O) groups is 3. The molecule has 6 heterocycles. The van der Waals surface area contributed by atoms with Crippen molar-refractivity contribution in [2.45, 2.75) is 99.5 Å². The summed E-state index contributed by atoms with van der Waals surface area (Å²) in [5.41, 5.74) is -1.62. The van der Waals surface area contributed by atoms with Crippen LogP contribution in [0.5, 0.6) is 5.75 Å². The van der Waals surface area contributed by atoms with Gasteiger partial charge in [-0.05, 0) is 74.2 Å². The number of esters is 3. The van der Waals surface area contributed by atoms with E-state index >= 15 is 4.79 Å². The summed E-state index contributed by atoms with van der Waals surface area (Å²) >= 11 is 0. The molecule has 1 aliphatic carbocycles. The third-order valence-electron chi connectivity index (χ3n) is 15.6. The molecule has 13 heteroatoms. The average molecular weight is 811 g/mol. The van der Waals surface area contributed by atoms with Crippen LogP contribution in [0.25, 0.3) is 10.9 Å². The fourth-order valence-electron chi connectivity index (χ4n) is 13.5. The normalized spacial score (nSPS) is 37.0. The van der Waals surface area contributed by atoms with Crippen LogP contribution in [0.3, 0.4) is 0 Å². The number of fused-ring (bicyclic) bond motifs is 6. The number of para-hydroxylation sites is 1. The second-order valence-electron chi connectivity index (χ2n) is 18.2. The number of carbonyl (C=O) groups excluding carboxylic acids is 3. The van der Waals surface area contributed by atoms with Crippen molar-refractivity contribution in [2.24, 2.45) is 11.3 Å². The first kappa shape index (κ1) is 40.0. The Morgan fingerprint density at radius 3 is 2.41 bits per heavy atom. The molecule has 2 aromatic carbocycles. The first-order valence-corrected chi connectivity index (χ1v) is 21.2. The van der Waals surface area contributed by atoms with Gasteiger partial charge in [-0.15, -0.1) is 0 Å². The molecule has 9 rings (SSSR count). The van der Waals surface area contributed by atoms with Crippen LogP contribution in [0, 0.1) is 11.3 Å². The topological polar surface area (TPSA) is 154 Å². The summed E-state index contributed by atoms with van der Waals surface area (Å²) in [5.74, 6) is -1.56. The monoisotopic (exact) mass is 810 g/mol. The smallest absolute Gasteiger partial charge is 0.344 e. The highest BCUT2D eigenvalue weighted by atomic mass is 16.6. The number of aliphatic hydroxyl groups is 2. The zero-order valence-corrected chi connectivity index (χ0v) is 35.3. The standard InChI is InChI=1S/C46H58N4O9/c1-8-42(54)23-28-24-45(40(52)57-6,36-30(15-19-49(25-28)26-42)29-13-10-11-14-33(29)47-36)32-21-31-34(22-35(32)56-5)48(4)38-44(31)17-20-50-18-12-16-43(9-2,37(44)50)39(59-27(3)51)46(38,55)41(53)58-7/h10-14,16,21-22,28,37-39,47,54-55H,8-9,15,17-20,23-26H2,1-7H3/t28-,37-,38+,39-,42+,43-,44-,45-,46-/m1/s1. The number of piperidine rings is 1. The Labute approximate surface area is 345 Å². The van der Waals surface area contributed by atoms with Crippen LogP contribution in [0.1, 0.15) is 75.3 Å². The Morgan fingerprint density at radius 1 is 0.949 bits per heavy atom. The van der Waals surface area contributed by atoms with Gasteiger partial charge in [0.25, 0.3) is 0 Å². The highest BCUT2D eigenvalue weighted by Crippen LogP contribution is 2.68. The molecule has 0 radical (unpaired) electrons. The summed E-state index contributed by atoms with van der Waals surface area (Å²) < 4.78 is 23.9. The van der Waals surface area contributed by atoms with E-state index < -0.39 is 57.5 Å². The fraction of sp³-hybridized carbons (Fsp3) is 0.587. The lowest BCUT2D eigenvalue weighted by atomic mass is 9.47. The molecule has 13 nitrogen and oxygen atoms in total. The Kier molecular flexibility index (Phi) is 9.36. The largest absolute Gasteiger partial charge is 0.496 e. The molecule has 3 aromatic rings. The summed E-state index contributed by atoms with van der Waals surface area (Å²) in [6.45, 7) is 8.62. The summed E-state index contributed by atoms with van der Waals surface area (Å²) in [6.07, 6.45) is 5.94. The number of nitrogens with one attached hydrogen (secondary N) is 1. The van der Waals surface area contributed by atoms with Crippen LogP contribution in [0.2, 0.25) is 0 Å². The molecule has 2 bridgehead atoms. The molecule has 3 fully saturated rings. The predicted molar refractivity (Wildman–Crippen MR) is 220 cm³/mol. The molecule has 1 saturated carbocycles. The Balaban J connectivity index is 1.36. The maximum Gasteiger partial charge on any atom is 0.344 e. The van der Waals surface area contributed by atoms with Crippen molar-refractivity contribution >= 4 is 34.5 Å². The summed E-state index contributed by atoms with van der Waals surface area (Å²) in [4.78, 5) is 53.2. The number of aromatic nitrogens is 1. The molecular formula is C46H58N4O9. The second kappa shape index (κ2) is 13.8. The highest BCUT2D eigenvalue weighted by molar-refractivity contribution is 5.95. The maximum absolute atomic E-state index is 15.3. The number of hydrogen-bond donors (Lipinski definition) is 3. The van der Waals surface area contributed by atoms with Gasteiger partial charge in [-0.2, -0.15) is 0 Å². The van der Waals surface area contributed by atoms with Crippen molar-refractivity contribution in [2.75, 3.05) is 66.0 Å². The van der Waals surface area contributed by atoms with E-state index in [0.717, 1.165) is 33.4 Å². The van der Waals surface area contributed by atoms with E-state index in [-0.39, 0.29) is 12.0 Å². The molecule has 10 atom stereocenters. The third-order valence-corrected chi connectivity index (χ3v) is 15.6. The van der Waals surface area contributed by atoms with Crippen molar-refractivity contribution in [1.29, 1.82) is 0 Å². The molecule has 1 spiro atoms. The number of methoxy groups -OCH3 is 3. The van der Waals surface area contributed by atoms with E-state index in [2.05, 4.69) is 39.1 Å². The maximum atomic E-state index is 15.3. The molecule has 0 amide bonds. The van der Waals surface area contributed by atoms with Crippen LogP contribution >= 0.6 is 0 Å². The van der Waals surface area contributed by atoms with Crippen molar-refractivity contribution in [3.8, 4) is 5.75 Å². The highest BCUT2D eigenvalue weighted by Gasteiger charge is 2.80. The molecule has 3 N–H and O–H groups in total.